The maximum Gasteiger partial charge on any atom is 0.401 e. The molecule has 2 aliphatic rings. The first-order valence-electron chi connectivity index (χ1n) is 9.82. The third-order valence-electron chi connectivity index (χ3n) is 5.57. The van der Waals surface area contributed by atoms with Gasteiger partial charge in [0.1, 0.15) is 5.82 Å². The molecule has 0 radical (unpaired) electrons. The Bertz CT molecular complexity index is 691. The van der Waals surface area contributed by atoms with Crippen LogP contribution in [-0.2, 0) is 0 Å². The number of aliphatic imine (C=N–C) groups is 1. The zero-order chi connectivity index (χ0) is 20.3. The summed E-state index contributed by atoms with van der Waals surface area (Å²) in [6.45, 7) is 3.17. The van der Waals surface area contributed by atoms with Crippen molar-refractivity contribution in [1.29, 1.82) is 0 Å². The monoisotopic (exact) mass is 400 g/mol. The number of alkyl halides is 3. The normalized spacial score (nSPS) is 25.5. The van der Waals surface area contributed by atoms with Crippen LogP contribution in [-0.4, -0.2) is 67.7 Å². The highest BCUT2D eigenvalue weighted by molar-refractivity contribution is 5.81. The van der Waals surface area contributed by atoms with Crippen LogP contribution in [0.15, 0.2) is 29.3 Å². The highest BCUT2D eigenvalue weighted by atomic mass is 19.4. The third kappa shape index (κ3) is 5.37. The Morgan fingerprint density at radius 2 is 2.07 bits per heavy atom. The van der Waals surface area contributed by atoms with Crippen LogP contribution in [0.2, 0.25) is 0 Å². The van der Waals surface area contributed by atoms with Crippen molar-refractivity contribution in [3.05, 3.63) is 35.6 Å². The molecule has 1 aliphatic heterocycles. The third-order valence-corrected chi connectivity index (χ3v) is 5.57. The SMILES string of the molecule is CCN(CC1CCN(C(=NC)NC2CC2c2ccccc2F)C1)CC(F)(F)F. The molecule has 1 saturated carbocycles. The van der Waals surface area contributed by atoms with E-state index in [0.717, 1.165) is 30.9 Å². The Morgan fingerprint density at radius 1 is 1.32 bits per heavy atom. The van der Waals surface area contributed by atoms with E-state index in [1.807, 2.05) is 12.1 Å². The van der Waals surface area contributed by atoms with Gasteiger partial charge < -0.3 is 10.2 Å². The molecule has 8 heteroatoms. The predicted molar refractivity (Wildman–Crippen MR) is 102 cm³/mol. The molecule has 2 fully saturated rings. The molecule has 1 heterocycles. The van der Waals surface area contributed by atoms with Crippen LogP contribution < -0.4 is 5.32 Å². The van der Waals surface area contributed by atoms with Crippen molar-refractivity contribution < 1.29 is 17.6 Å². The summed E-state index contributed by atoms with van der Waals surface area (Å²) in [4.78, 5) is 7.90. The first kappa shape index (κ1) is 20.9. The lowest BCUT2D eigenvalue weighted by Gasteiger charge is -2.26. The highest BCUT2D eigenvalue weighted by Gasteiger charge is 2.41. The maximum atomic E-state index is 13.9. The number of rotatable bonds is 6. The van der Waals surface area contributed by atoms with Crippen molar-refractivity contribution in [2.45, 2.75) is 37.9 Å². The molecular formula is C20H28F4N4. The standard InChI is InChI=1S/C20H28F4N4/c1-3-27(13-20(22,23)24)11-14-8-9-28(12-14)19(25-2)26-18-10-16(18)15-6-4-5-7-17(15)21/h4-7,14,16,18H,3,8-13H2,1-2H3,(H,25,26). The zero-order valence-electron chi connectivity index (χ0n) is 16.3. The van der Waals surface area contributed by atoms with Crippen LogP contribution in [0.1, 0.15) is 31.2 Å². The van der Waals surface area contributed by atoms with Crippen LogP contribution >= 0.6 is 0 Å². The minimum atomic E-state index is -4.17. The van der Waals surface area contributed by atoms with E-state index in [0.29, 0.717) is 19.6 Å². The van der Waals surface area contributed by atoms with E-state index in [1.165, 1.54) is 11.0 Å². The van der Waals surface area contributed by atoms with Gasteiger partial charge in [-0.2, -0.15) is 13.2 Å². The fraction of sp³-hybridized carbons (Fsp3) is 0.650. The van der Waals surface area contributed by atoms with E-state index in [-0.39, 0.29) is 23.7 Å². The van der Waals surface area contributed by atoms with E-state index in [1.54, 1.807) is 20.0 Å². The van der Waals surface area contributed by atoms with E-state index in [9.17, 15) is 17.6 Å². The molecule has 0 amide bonds. The fourth-order valence-electron chi connectivity index (χ4n) is 4.04. The summed E-state index contributed by atoms with van der Waals surface area (Å²) in [6, 6.07) is 6.97. The van der Waals surface area contributed by atoms with E-state index < -0.39 is 12.7 Å². The molecule has 3 atom stereocenters. The smallest absolute Gasteiger partial charge is 0.353 e. The second-order valence-electron chi connectivity index (χ2n) is 7.71. The number of nitrogens with one attached hydrogen (secondary N) is 1. The second kappa shape index (κ2) is 8.68. The summed E-state index contributed by atoms with van der Waals surface area (Å²) in [5, 5.41) is 3.40. The largest absolute Gasteiger partial charge is 0.401 e. The summed E-state index contributed by atoms with van der Waals surface area (Å²) in [6.07, 6.45) is -2.47. The number of hydrogen-bond acceptors (Lipinski definition) is 2. The van der Waals surface area contributed by atoms with Gasteiger partial charge in [-0.1, -0.05) is 25.1 Å². The lowest BCUT2D eigenvalue weighted by Crippen LogP contribution is -2.42. The van der Waals surface area contributed by atoms with E-state index in [4.69, 9.17) is 0 Å². The Balaban J connectivity index is 1.51. The van der Waals surface area contributed by atoms with Crippen LogP contribution in [0.3, 0.4) is 0 Å². The molecule has 1 aromatic carbocycles. The summed E-state index contributed by atoms with van der Waals surface area (Å²) < 4.78 is 52.0. The fourth-order valence-corrected chi connectivity index (χ4v) is 4.04. The highest BCUT2D eigenvalue weighted by Crippen LogP contribution is 2.42. The van der Waals surface area contributed by atoms with E-state index in [2.05, 4.69) is 15.2 Å². The van der Waals surface area contributed by atoms with Crippen molar-refractivity contribution in [2.24, 2.45) is 10.9 Å². The first-order chi connectivity index (χ1) is 13.3. The maximum absolute atomic E-state index is 13.9. The van der Waals surface area contributed by atoms with Crippen LogP contribution in [0.4, 0.5) is 17.6 Å². The molecule has 4 nitrogen and oxygen atoms in total. The Kier molecular flexibility index (Phi) is 6.47. The lowest BCUT2D eigenvalue weighted by atomic mass is 10.1. The second-order valence-corrected chi connectivity index (χ2v) is 7.71. The molecule has 156 valence electrons. The summed E-state index contributed by atoms with van der Waals surface area (Å²) in [5.74, 6) is 0.892. The van der Waals surface area contributed by atoms with Crippen molar-refractivity contribution >= 4 is 5.96 Å². The number of halogens is 4. The number of benzene rings is 1. The van der Waals surface area contributed by atoms with Gasteiger partial charge in [0.15, 0.2) is 5.96 Å². The van der Waals surface area contributed by atoms with Crippen LogP contribution in [0.25, 0.3) is 0 Å². The number of nitrogens with zero attached hydrogens (tertiary/aromatic N) is 3. The van der Waals surface area contributed by atoms with Gasteiger partial charge in [0.25, 0.3) is 0 Å². The van der Waals surface area contributed by atoms with Crippen molar-refractivity contribution in [3.8, 4) is 0 Å². The molecule has 1 aliphatic carbocycles. The number of hydrogen-bond donors (Lipinski definition) is 1. The molecule has 0 spiro atoms. The topological polar surface area (TPSA) is 30.9 Å². The molecule has 3 unspecified atom stereocenters. The zero-order valence-corrected chi connectivity index (χ0v) is 16.3. The lowest BCUT2D eigenvalue weighted by molar-refractivity contribution is -0.146. The van der Waals surface area contributed by atoms with Gasteiger partial charge in [-0.05, 0) is 36.9 Å². The molecule has 0 bridgehead atoms. The number of likely N-dealkylation sites (tertiary alicyclic amines) is 1. The Hall–Kier alpha value is -1.83. The Morgan fingerprint density at radius 3 is 2.71 bits per heavy atom. The van der Waals surface area contributed by atoms with Gasteiger partial charge >= 0.3 is 6.18 Å². The van der Waals surface area contributed by atoms with Crippen molar-refractivity contribution in [3.63, 3.8) is 0 Å². The van der Waals surface area contributed by atoms with Crippen LogP contribution in [0.5, 0.6) is 0 Å². The van der Waals surface area contributed by atoms with Gasteiger partial charge in [-0.15, -0.1) is 0 Å². The van der Waals surface area contributed by atoms with Crippen LogP contribution in [0, 0.1) is 11.7 Å². The van der Waals surface area contributed by atoms with Crippen molar-refractivity contribution in [1.82, 2.24) is 15.1 Å². The van der Waals surface area contributed by atoms with Gasteiger partial charge in [-0.25, -0.2) is 4.39 Å². The minimum Gasteiger partial charge on any atom is -0.353 e. The minimum absolute atomic E-state index is 0.138. The molecule has 28 heavy (non-hydrogen) atoms. The first-order valence-corrected chi connectivity index (χ1v) is 9.82. The average molecular weight is 400 g/mol. The summed E-state index contributed by atoms with van der Waals surface area (Å²) >= 11 is 0. The molecule has 1 N–H and O–H groups in total. The quantitative estimate of drug-likeness (QED) is 0.451. The molecule has 1 aromatic rings. The van der Waals surface area contributed by atoms with Gasteiger partial charge in [0, 0.05) is 38.6 Å². The number of guanidine groups is 1. The van der Waals surface area contributed by atoms with Crippen molar-refractivity contribution in [2.75, 3.05) is 39.8 Å². The molecule has 0 aromatic heterocycles. The van der Waals surface area contributed by atoms with Gasteiger partial charge in [0.2, 0.25) is 0 Å². The molecular weight excluding hydrogens is 372 g/mol. The molecule has 3 rings (SSSR count). The van der Waals surface area contributed by atoms with Gasteiger partial charge in [0.05, 0.1) is 6.54 Å². The Labute approximate surface area is 163 Å². The molecule has 1 saturated heterocycles. The predicted octanol–water partition coefficient (Wildman–Crippen LogP) is 3.46. The summed E-state index contributed by atoms with van der Waals surface area (Å²) in [5.41, 5.74) is 0.723. The van der Waals surface area contributed by atoms with E-state index >= 15 is 0 Å². The summed E-state index contributed by atoms with van der Waals surface area (Å²) in [7, 11) is 1.71. The average Bonchev–Trinajstić information content (AvgIpc) is 3.25. The van der Waals surface area contributed by atoms with Gasteiger partial charge in [-0.3, -0.25) is 9.89 Å².